The van der Waals surface area contributed by atoms with Crippen molar-refractivity contribution >= 4 is 24.8 Å². The molecule has 1 aromatic rings. The smallest absolute Gasteiger partial charge is 0.122 e. The van der Waals surface area contributed by atoms with Gasteiger partial charge in [0.1, 0.15) is 5.75 Å². The number of nitrogens with one attached hydrogen (secondary N) is 2. The first-order valence-electron chi connectivity index (χ1n) is 7.00. The van der Waals surface area contributed by atoms with Crippen molar-refractivity contribution in [3.63, 3.8) is 0 Å². The van der Waals surface area contributed by atoms with Crippen molar-refractivity contribution in [1.29, 1.82) is 0 Å². The minimum atomic E-state index is 0. The third-order valence-electron chi connectivity index (χ3n) is 4.27. The van der Waals surface area contributed by atoms with E-state index in [1.807, 2.05) is 0 Å². The largest absolute Gasteiger partial charge is 0.496 e. The van der Waals surface area contributed by atoms with Gasteiger partial charge in [0.25, 0.3) is 0 Å². The molecule has 3 rings (SSSR count). The Bertz CT molecular complexity index is 408. The second-order valence-corrected chi connectivity index (χ2v) is 5.30. The van der Waals surface area contributed by atoms with Crippen LogP contribution in [0, 0.1) is 0 Å². The molecule has 20 heavy (non-hydrogen) atoms. The van der Waals surface area contributed by atoms with Gasteiger partial charge in [-0.15, -0.1) is 24.8 Å². The Morgan fingerprint density at radius 1 is 1.20 bits per heavy atom. The first-order chi connectivity index (χ1) is 8.90. The van der Waals surface area contributed by atoms with Gasteiger partial charge >= 0.3 is 0 Å². The van der Waals surface area contributed by atoms with E-state index in [0.29, 0.717) is 12.0 Å². The number of hydrogen-bond acceptors (Lipinski definition) is 3. The predicted octanol–water partition coefficient (Wildman–Crippen LogP) is 2.52. The van der Waals surface area contributed by atoms with Crippen LogP contribution in [0.25, 0.3) is 0 Å². The van der Waals surface area contributed by atoms with Crippen LogP contribution in [0.5, 0.6) is 5.75 Å². The highest BCUT2D eigenvalue weighted by Gasteiger charge is 2.31. The first kappa shape index (κ1) is 17.6. The van der Waals surface area contributed by atoms with Crippen LogP contribution >= 0.6 is 24.8 Å². The molecular formula is C15H24Cl2N2O. The Morgan fingerprint density at radius 2 is 2.05 bits per heavy atom. The summed E-state index contributed by atoms with van der Waals surface area (Å²) in [6.07, 6.45) is 3.76. The van der Waals surface area contributed by atoms with Gasteiger partial charge in [-0.1, -0.05) is 12.1 Å². The monoisotopic (exact) mass is 318 g/mol. The highest BCUT2D eigenvalue weighted by Crippen LogP contribution is 2.39. The Hall–Kier alpha value is -0.480. The molecule has 2 aliphatic rings. The zero-order valence-corrected chi connectivity index (χ0v) is 13.5. The fraction of sp³-hybridized carbons (Fsp3) is 0.600. The highest BCUT2D eigenvalue weighted by molar-refractivity contribution is 5.85. The number of aryl methyl sites for hydroxylation is 1. The van der Waals surface area contributed by atoms with E-state index in [2.05, 4.69) is 28.8 Å². The van der Waals surface area contributed by atoms with Crippen molar-refractivity contribution in [3.05, 3.63) is 29.3 Å². The molecule has 1 heterocycles. The van der Waals surface area contributed by atoms with E-state index in [0.717, 1.165) is 25.4 Å². The molecule has 1 aliphatic heterocycles. The molecule has 0 spiro atoms. The summed E-state index contributed by atoms with van der Waals surface area (Å²) in [6, 6.07) is 7.04. The lowest BCUT2D eigenvalue weighted by molar-refractivity contribution is 0.328. The molecule has 1 aliphatic carbocycles. The Labute approximate surface area is 133 Å². The third kappa shape index (κ3) is 3.40. The van der Waals surface area contributed by atoms with Gasteiger partial charge in [-0.25, -0.2) is 0 Å². The van der Waals surface area contributed by atoms with Gasteiger partial charge in [-0.3, -0.25) is 0 Å². The maximum atomic E-state index is 5.59. The zero-order chi connectivity index (χ0) is 12.4. The molecule has 0 aromatic heterocycles. The van der Waals surface area contributed by atoms with Gasteiger partial charge in [0.15, 0.2) is 0 Å². The number of benzene rings is 1. The van der Waals surface area contributed by atoms with Crippen molar-refractivity contribution in [1.82, 2.24) is 10.6 Å². The molecule has 0 saturated carbocycles. The Balaban J connectivity index is 0.000001000. The molecular weight excluding hydrogens is 295 g/mol. The van der Waals surface area contributed by atoms with Gasteiger partial charge in [0.2, 0.25) is 0 Å². The topological polar surface area (TPSA) is 33.3 Å². The van der Waals surface area contributed by atoms with Crippen LogP contribution in [0.1, 0.15) is 29.9 Å². The number of fused-ring (bicyclic) bond motifs is 1. The van der Waals surface area contributed by atoms with Gasteiger partial charge < -0.3 is 15.4 Å². The fourth-order valence-electron chi connectivity index (χ4n) is 3.43. The maximum absolute atomic E-state index is 5.59. The summed E-state index contributed by atoms with van der Waals surface area (Å²) in [5, 5.41) is 7.16. The van der Waals surface area contributed by atoms with Crippen molar-refractivity contribution in [2.24, 2.45) is 0 Å². The Kier molecular flexibility index (Phi) is 7.10. The van der Waals surface area contributed by atoms with E-state index in [4.69, 9.17) is 4.74 Å². The van der Waals surface area contributed by atoms with Crippen LogP contribution in [0.15, 0.2) is 18.2 Å². The molecule has 1 aromatic carbocycles. The molecule has 114 valence electrons. The van der Waals surface area contributed by atoms with Gasteiger partial charge in [0.05, 0.1) is 7.11 Å². The third-order valence-corrected chi connectivity index (χ3v) is 4.27. The maximum Gasteiger partial charge on any atom is 0.122 e. The molecule has 2 atom stereocenters. The lowest BCUT2D eigenvalue weighted by Crippen LogP contribution is -2.51. The molecule has 0 radical (unpaired) electrons. The van der Waals surface area contributed by atoms with E-state index < -0.39 is 0 Å². The molecule has 2 unspecified atom stereocenters. The van der Waals surface area contributed by atoms with Crippen LogP contribution in [0.4, 0.5) is 0 Å². The predicted molar refractivity (Wildman–Crippen MR) is 87.8 cm³/mol. The standard InChI is InChI=1S/C15H22N2O.2ClH/c1-18-14-7-3-5-11-4-2-6-12(15(11)14)13-10-16-8-9-17-13;;/h3,5,7,12-13,16-17H,2,4,6,8-10H2,1H3;2*1H. The molecule has 2 N–H and O–H groups in total. The molecule has 3 nitrogen and oxygen atoms in total. The molecule has 1 saturated heterocycles. The van der Waals surface area contributed by atoms with Crippen molar-refractivity contribution in [3.8, 4) is 5.75 Å². The second kappa shape index (κ2) is 8.08. The number of rotatable bonds is 2. The van der Waals surface area contributed by atoms with Crippen molar-refractivity contribution < 1.29 is 4.74 Å². The quantitative estimate of drug-likeness (QED) is 0.879. The van der Waals surface area contributed by atoms with Gasteiger partial charge in [0, 0.05) is 37.2 Å². The second-order valence-electron chi connectivity index (χ2n) is 5.30. The summed E-state index contributed by atoms with van der Waals surface area (Å²) in [7, 11) is 1.79. The average Bonchev–Trinajstić information content (AvgIpc) is 2.47. The summed E-state index contributed by atoms with van der Waals surface area (Å²) in [5.41, 5.74) is 2.94. The van der Waals surface area contributed by atoms with Crippen LogP contribution in [0.2, 0.25) is 0 Å². The minimum Gasteiger partial charge on any atom is -0.496 e. The average molecular weight is 319 g/mol. The van der Waals surface area contributed by atoms with Crippen LogP contribution < -0.4 is 15.4 Å². The molecule has 0 bridgehead atoms. The van der Waals surface area contributed by atoms with Crippen molar-refractivity contribution in [2.75, 3.05) is 26.7 Å². The minimum absolute atomic E-state index is 0. The van der Waals surface area contributed by atoms with Crippen LogP contribution in [-0.2, 0) is 6.42 Å². The number of ether oxygens (including phenoxy) is 1. The fourth-order valence-corrected chi connectivity index (χ4v) is 3.43. The highest BCUT2D eigenvalue weighted by atomic mass is 35.5. The van der Waals surface area contributed by atoms with Gasteiger partial charge in [-0.2, -0.15) is 0 Å². The first-order valence-corrected chi connectivity index (χ1v) is 7.00. The summed E-state index contributed by atoms with van der Waals surface area (Å²) < 4.78 is 5.59. The van der Waals surface area contributed by atoms with E-state index in [-0.39, 0.29) is 24.8 Å². The number of piperazine rings is 1. The lowest BCUT2D eigenvalue weighted by Gasteiger charge is -2.36. The number of halogens is 2. The van der Waals surface area contributed by atoms with E-state index in [9.17, 15) is 0 Å². The number of methoxy groups -OCH3 is 1. The zero-order valence-electron chi connectivity index (χ0n) is 11.9. The number of hydrogen-bond donors (Lipinski definition) is 2. The van der Waals surface area contributed by atoms with Gasteiger partial charge in [-0.05, 0) is 30.9 Å². The normalized spacial score (nSPS) is 24.9. The molecule has 0 amide bonds. The summed E-state index contributed by atoms with van der Waals surface area (Å²) >= 11 is 0. The summed E-state index contributed by atoms with van der Waals surface area (Å²) in [4.78, 5) is 0. The Morgan fingerprint density at radius 3 is 2.75 bits per heavy atom. The van der Waals surface area contributed by atoms with Crippen molar-refractivity contribution in [2.45, 2.75) is 31.2 Å². The molecule has 5 heteroatoms. The van der Waals surface area contributed by atoms with Crippen LogP contribution in [0.3, 0.4) is 0 Å². The SMILES string of the molecule is COc1cccc2c1C(C1CNCCN1)CCC2.Cl.Cl. The summed E-state index contributed by atoms with van der Waals surface area (Å²) in [5.74, 6) is 1.67. The molecule has 1 fully saturated rings. The summed E-state index contributed by atoms with van der Waals surface area (Å²) in [6.45, 7) is 3.23. The van der Waals surface area contributed by atoms with E-state index in [1.54, 1.807) is 7.11 Å². The van der Waals surface area contributed by atoms with E-state index >= 15 is 0 Å². The lowest BCUT2D eigenvalue weighted by atomic mass is 9.77. The van der Waals surface area contributed by atoms with Crippen LogP contribution in [-0.4, -0.2) is 32.8 Å². The van der Waals surface area contributed by atoms with E-state index in [1.165, 1.54) is 30.4 Å².